The largest absolute Gasteiger partial charge is 0.404 e. The number of halogens is 2. The summed E-state index contributed by atoms with van der Waals surface area (Å²) in [6.45, 7) is 8.93. The highest BCUT2D eigenvalue weighted by molar-refractivity contribution is 6.73. The van der Waals surface area contributed by atoms with E-state index < -0.39 is 25.3 Å². The third-order valence-electron chi connectivity index (χ3n) is 4.34. The molecule has 23 heavy (non-hydrogen) atoms. The first-order chi connectivity index (χ1) is 10.8. The average molecular weight is 343 g/mol. The molecule has 0 bridgehead atoms. The summed E-state index contributed by atoms with van der Waals surface area (Å²) >= 11 is 0. The van der Waals surface area contributed by atoms with Gasteiger partial charge in [-0.2, -0.15) is 8.78 Å². The predicted octanol–water partition coefficient (Wildman–Crippen LogP) is 5.48. The molecule has 128 valence electrons. The molecule has 0 saturated heterocycles. The molecule has 1 aromatic rings. The van der Waals surface area contributed by atoms with E-state index in [1.807, 2.05) is 20.8 Å². The lowest BCUT2D eigenvalue weighted by Crippen LogP contribution is -2.42. The molecule has 0 aliphatic rings. The Bertz CT molecular complexity index is 554. The molecular weight excluding hydrogens is 320 g/mol. The molecule has 0 aliphatic carbocycles. The molecule has 1 aromatic carbocycles. The van der Waals surface area contributed by atoms with Crippen LogP contribution in [0.25, 0.3) is 0 Å². The average Bonchev–Trinajstić information content (AvgIpc) is 2.56. The Hall–Kier alpha value is -1.60. The third-order valence-corrected chi connectivity index (χ3v) is 8.94. The Morgan fingerprint density at radius 1 is 1.30 bits per heavy atom. The van der Waals surface area contributed by atoms with Gasteiger partial charge in [-0.3, -0.25) is 10.1 Å². The van der Waals surface area contributed by atoms with Crippen LogP contribution in [0.3, 0.4) is 0 Å². The molecular formula is C16H23F2NO3Si. The van der Waals surface area contributed by atoms with Crippen LogP contribution in [-0.2, 0) is 4.43 Å². The minimum atomic E-state index is -3.39. The van der Waals surface area contributed by atoms with Gasteiger partial charge in [-0.15, -0.1) is 0 Å². The van der Waals surface area contributed by atoms with Crippen LogP contribution < -0.4 is 0 Å². The van der Waals surface area contributed by atoms with E-state index in [2.05, 4.69) is 6.58 Å². The van der Waals surface area contributed by atoms with Gasteiger partial charge in [0.25, 0.3) is 11.6 Å². The SMILES string of the molecule is C=CC(F)(F)C(O[Si](CC)(CC)CC)c1ccccc1[N+](=O)[O-]. The van der Waals surface area contributed by atoms with E-state index in [0.717, 1.165) is 0 Å². The van der Waals surface area contributed by atoms with Crippen molar-refractivity contribution < 1.29 is 18.1 Å². The topological polar surface area (TPSA) is 52.4 Å². The Morgan fingerprint density at radius 3 is 2.26 bits per heavy atom. The van der Waals surface area contributed by atoms with E-state index in [9.17, 15) is 18.9 Å². The minimum Gasteiger partial charge on any atom is -0.404 e. The Balaban J connectivity index is 3.44. The van der Waals surface area contributed by atoms with Gasteiger partial charge < -0.3 is 4.43 Å². The molecule has 1 rings (SSSR count). The van der Waals surface area contributed by atoms with E-state index >= 15 is 0 Å². The summed E-state index contributed by atoms with van der Waals surface area (Å²) in [7, 11) is -2.40. The fourth-order valence-electron chi connectivity index (χ4n) is 2.58. The van der Waals surface area contributed by atoms with Crippen molar-refractivity contribution in [3.63, 3.8) is 0 Å². The van der Waals surface area contributed by atoms with Crippen LogP contribution in [0.5, 0.6) is 0 Å². The number of nitrogens with zero attached hydrogens (tertiary/aromatic N) is 1. The molecule has 1 unspecified atom stereocenters. The number of hydrogen-bond acceptors (Lipinski definition) is 3. The van der Waals surface area contributed by atoms with E-state index in [-0.39, 0.29) is 11.3 Å². The van der Waals surface area contributed by atoms with Crippen LogP contribution in [-0.4, -0.2) is 19.2 Å². The van der Waals surface area contributed by atoms with Gasteiger partial charge >= 0.3 is 0 Å². The number of hydrogen-bond donors (Lipinski definition) is 0. The summed E-state index contributed by atoms with van der Waals surface area (Å²) in [6.07, 6.45) is -1.18. The molecule has 0 aliphatic heterocycles. The van der Waals surface area contributed by atoms with Gasteiger partial charge in [0.05, 0.1) is 10.5 Å². The highest BCUT2D eigenvalue weighted by Gasteiger charge is 2.46. The number of nitro benzene ring substituents is 1. The van der Waals surface area contributed by atoms with Crippen LogP contribution in [0.2, 0.25) is 18.1 Å². The van der Waals surface area contributed by atoms with Gasteiger partial charge in [-0.25, -0.2) is 0 Å². The molecule has 0 fully saturated rings. The van der Waals surface area contributed by atoms with E-state index in [0.29, 0.717) is 24.2 Å². The van der Waals surface area contributed by atoms with Gasteiger partial charge in [0.2, 0.25) is 0 Å². The number of benzene rings is 1. The van der Waals surface area contributed by atoms with Crippen molar-refractivity contribution in [3.8, 4) is 0 Å². The zero-order chi connectivity index (χ0) is 17.7. The molecule has 0 N–H and O–H groups in total. The van der Waals surface area contributed by atoms with Crippen LogP contribution in [0.1, 0.15) is 32.4 Å². The standard InChI is InChI=1S/C16H23F2NO3Si/c1-5-16(17,18)15(22-23(6-2,7-3)8-4)13-11-9-10-12-14(13)19(20)21/h5,9-12,15H,1,6-8H2,2-4H3. The first kappa shape index (κ1) is 19.4. The fraction of sp³-hybridized carbons (Fsp3) is 0.500. The second-order valence-electron chi connectivity index (χ2n) is 5.44. The Morgan fingerprint density at radius 2 is 1.83 bits per heavy atom. The normalized spacial score (nSPS) is 13.6. The predicted molar refractivity (Wildman–Crippen MR) is 89.3 cm³/mol. The molecule has 0 aromatic heterocycles. The summed E-state index contributed by atoms with van der Waals surface area (Å²) in [5.74, 6) is -3.39. The van der Waals surface area contributed by atoms with E-state index in [1.54, 1.807) is 0 Å². The Kier molecular flexibility index (Phi) is 6.58. The van der Waals surface area contributed by atoms with Crippen molar-refractivity contribution >= 4 is 14.0 Å². The third kappa shape index (κ3) is 4.23. The van der Waals surface area contributed by atoms with Crippen LogP contribution in [0.4, 0.5) is 14.5 Å². The number of nitro groups is 1. The second kappa shape index (κ2) is 7.78. The molecule has 0 saturated carbocycles. The van der Waals surface area contributed by atoms with E-state index in [1.165, 1.54) is 24.3 Å². The lowest BCUT2D eigenvalue weighted by atomic mass is 10.0. The van der Waals surface area contributed by atoms with Crippen molar-refractivity contribution in [3.05, 3.63) is 52.6 Å². The van der Waals surface area contributed by atoms with Crippen molar-refractivity contribution in [2.75, 3.05) is 0 Å². The molecule has 4 nitrogen and oxygen atoms in total. The lowest BCUT2D eigenvalue weighted by Gasteiger charge is -2.35. The quantitative estimate of drug-likeness (QED) is 0.258. The van der Waals surface area contributed by atoms with Crippen molar-refractivity contribution in [1.82, 2.24) is 0 Å². The van der Waals surface area contributed by atoms with Crippen LogP contribution in [0, 0.1) is 10.1 Å². The van der Waals surface area contributed by atoms with E-state index in [4.69, 9.17) is 4.43 Å². The first-order valence-electron chi connectivity index (χ1n) is 7.69. The molecule has 1 atom stereocenters. The highest BCUT2D eigenvalue weighted by Crippen LogP contribution is 2.43. The second-order valence-corrected chi connectivity index (χ2v) is 10.2. The maximum atomic E-state index is 14.4. The van der Waals surface area contributed by atoms with Crippen molar-refractivity contribution in [2.24, 2.45) is 0 Å². The molecule has 0 spiro atoms. The monoisotopic (exact) mass is 343 g/mol. The van der Waals surface area contributed by atoms with Gasteiger partial charge in [0, 0.05) is 6.07 Å². The molecule has 7 heteroatoms. The van der Waals surface area contributed by atoms with Crippen molar-refractivity contribution in [2.45, 2.75) is 50.9 Å². The first-order valence-corrected chi connectivity index (χ1v) is 10.2. The lowest BCUT2D eigenvalue weighted by molar-refractivity contribution is -0.386. The van der Waals surface area contributed by atoms with Gasteiger partial charge in [-0.05, 0) is 30.3 Å². The van der Waals surface area contributed by atoms with Crippen LogP contribution >= 0.6 is 0 Å². The van der Waals surface area contributed by atoms with Gasteiger partial charge in [0.1, 0.15) is 6.10 Å². The number of rotatable bonds is 9. The number of para-hydroxylation sites is 1. The van der Waals surface area contributed by atoms with Gasteiger partial charge in [-0.1, -0.05) is 39.5 Å². The summed E-state index contributed by atoms with van der Waals surface area (Å²) in [4.78, 5) is 10.6. The summed E-state index contributed by atoms with van der Waals surface area (Å²) in [5.41, 5.74) is -0.458. The Labute approximate surface area is 136 Å². The minimum absolute atomic E-state index is 0.102. The smallest absolute Gasteiger partial charge is 0.295 e. The van der Waals surface area contributed by atoms with Crippen LogP contribution in [0.15, 0.2) is 36.9 Å². The summed E-state index contributed by atoms with van der Waals surface area (Å²) in [6, 6.07) is 7.52. The zero-order valence-corrected chi connectivity index (χ0v) is 14.7. The fourth-order valence-corrected chi connectivity index (χ4v) is 5.37. The molecule has 0 heterocycles. The molecule has 0 radical (unpaired) electrons. The molecule has 0 amide bonds. The summed E-state index contributed by atoms with van der Waals surface area (Å²) < 4.78 is 34.8. The highest BCUT2D eigenvalue weighted by atomic mass is 28.4. The maximum Gasteiger partial charge on any atom is 0.295 e. The van der Waals surface area contributed by atoms with Gasteiger partial charge in [0.15, 0.2) is 8.32 Å². The summed E-state index contributed by atoms with van der Waals surface area (Å²) in [5, 5.41) is 11.2. The van der Waals surface area contributed by atoms with Crippen molar-refractivity contribution in [1.29, 1.82) is 0 Å². The number of alkyl halides is 2. The zero-order valence-electron chi connectivity index (χ0n) is 13.7. The maximum absolute atomic E-state index is 14.4.